The zero-order chi connectivity index (χ0) is 36.3. The number of benzene rings is 4. The van der Waals surface area contributed by atoms with Gasteiger partial charge in [0.15, 0.2) is 0 Å². The van der Waals surface area contributed by atoms with Crippen LogP contribution in [-0.2, 0) is 23.0 Å². The Kier molecular flexibility index (Phi) is 13.0. The van der Waals surface area contributed by atoms with Gasteiger partial charge in [0, 0.05) is 17.7 Å². The predicted octanol–water partition coefficient (Wildman–Crippen LogP) is 4.83. The summed E-state index contributed by atoms with van der Waals surface area (Å²) in [6, 6.07) is 27.8. The Morgan fingerprint density at radius 3 is 2.02 bits per heavy atom. The van der Waals surface area contributed by atoms with Crippen LogP contribution in [0.3, 0.4) is 0 Å². The van der Waals surface area contributed by atoms with Crippen molar-refractivity contribution in [2.75, 3.05) is 24.1 Å². The zero-order valence-electron chi connectivity index (χ0n) is 28.1. The summed E-state index contributed by atoms with van der Waals surface area (Å²) in [5, 5.41) is 27.1. The summed E-state index contributed by atoms with van der Waals surface area (Å²) in [5.74, 6) is -0.934. The molecule has 4 aromatic rings. The van der Waals surface area contributed by atoms with E-state index >= 15 is 0 Å². The second kappa shape index (κ2) is 17.3. The van der Waals surface area contributed by atoms with Gasteiger partial charge in [0.2, 0.25) is 10.0 Å². The number of anilines is 1. The van der Waals surface area contributed by atoms with Crippen LogP contribution < -0.4 is 20.1 Å². The Balaban J connectivity index is 1.62. The van der Waals surface area contributed by atoms with Crippen molar-refractivity contribution in [3.63, 3.8) is 0 Å². The number of carboxylic acid groups (broad SMARTS) is 1. The molecule has 3 amide bonds. The van der Waals surface area contributed by atoms with Crippen LogP contribution in [-0.4, -0.2) is 73.0 Å². The first-order chi connectivity index (χ1) is 23.9. The molecule has 0 aliphatic rings. The molecule has 0 saturated heterocycles. The fourth-order valence-electron chi connectivity index (χ4n) is 5.26. The first-order valence-corrected chi connectivity index (χ1v) is 17.7. The summed E-state index contributed by atoms with van der Waals surface area (Å²) in [5.41, 5.74) is 2.25. The third-order valence-electron chi connectivity index (χ3n) is 8.02. The summed E-state index contributed by atoms with van der Waals surface area (Å²) in [7, 11) is -2.27. The van der Waals surface area contributed by atoms with Crippen LogP contribution >= 0.6 is 0 Å². The highest BCUT2D eigenvalue weighted by Crippen LogP contribution is 2.21. The van der Waals surface area contributed by atoms with E-state index in [4.69, 9.17) is 4.74 Å². The number of nitrogens with one attached hydrogen (secondary N) is 3. The van der Waals surface area contributed by atoms with Gasteiger partial charge in [-0.05, 0) is 67.3 Å². The van der Waals surface area contributed by atoms with Gasteiger partial charge in [0.1, 0.15) is 5.75 Å². The molecule has 50 heavy (non-hydrogen) atoms. The summed E-state index contributed by atoms with van der Waals surface area (Å²) in [6.07, 6.45) is -2.49. The lowest BCUT2D eigenvalue weighted by molar-refractivity contribution is 0.0640. The molecule has 0 fully saturated rings. The van der Waals surface area contributed by atoms with E-state index in [0.29, 0.717) is 11.3 Å². The van der Waals surface area contributed by atoms with Gasteiger partial charge in [0.25, 0.3) is 11.8 Å². The quantitative estimate of drug-likeness (QED) is 0.110. The molecule has 0 radical (unpaired) electrons. The maximum Gasteiger partial charge on any atom is 0.407 e. The van der Waals surface area contributed by atoms with E-state index in [1.54, 1.807) is 43.3 Å². The molecular weight excluding hydrogens is 660 g/mol. The molecule has 3 unspecified atom stereocenters. The van der Waals surface area contributed by atoms with Crippen molar-refractivity contribution in [1.82, 2.24) is 15.5 Å². The Bertz CT molecular complexity index is 1870. The van der Waals surface area contributed by atoms with Crippen molar-refractivity contribution in [1.29, 1.82) is 0 Å². The zero-order valence-corrected chi connectivity index (χ0v) is 28.9. The molecule has 0 heterocycles. The van der Waals surface area contributed by atoms with Gasteiger partial charge in [-0.1, -0.05) is 72.8 Å². The average molecular weight is 703 g/mol. The van der Waals surface area contributed by atoms with E-state index in [1.165, 1.54) is 32.2 Å². The number of amides is 3. The fraction of sp³-hybridized carbons (Fsp3) is 0.270. The molecular formula is C37H42N4O8S. The molecule has 0 spiro atoms. The second-order valence-electron chi connectivity index (χ2n) is 11.8. The van der Waals surface area contributed by atoms with Gasteiger partial charge >= 0.3 is 6.09 Å². The number of aliphatic hydroxyl groups excluding tert-OH is 1. The highest BCUT2D eigenvalue weighted by molar-refractivity contribution is 7.92. The number of carbonyl (C=O) groups excluding carboxylic acids is 2. The third kappa shape index (κ3) is 10.8. The minimum absolute atomic E-state index is 0.00696. The van der Waals surface area contributed by atoms with Gasteiger partial charge in [-0.3, -0.25) is 14.3 Å². The van der Waals surface area contributed by atoms with E-state index < -0.39 is 46.1 Å². The van der Waals surface area contributed by atoms with E-state index in [-0.39, 0.29) is 42.1 Å². The molecule has 13 heteroatoms. The standard InChI is InChI=1S/C37H42N4O8S/c1-4-50(47,48)40-31-21-29(35(43)38-25(2)28-15-9-6-10-16-28)20-30(22-31)36(44)39-33(19-26-12-7-5-8-13-26)34(42)24-41(37(45)46)23-27-14-11-17-32(18-27)49-3/h5-18,20-22,25,33-34,40,42H,4,19,23-24H2,1-3H3,(H,38,43)(H,39,44)(H,45,46). The molecule has 5 N–H and O–H groups in total. The topological polar surface area (TPSA) is 174 Å². The van der Waals surface area contributed by atoms with Crippen molar-refractivity contribution in [2.24, 2.45) is 0 Å². The lowest BCUT2D eigenvalue weighted by Crippen LogP contribution is -2.50. The third-order valence-corrected chi connectivity index (χ3v) is 9.33. The summed E-state index contributed by atoms with van der Waals surface area (Å²) < 4.78 is 32.6. The Morgan fingerprint density at radius 1 is 0.820 bits per heavy atom. The van der Waals surface area contributed by atoms with E-state index in [0.717, 1.165) is 16.0 Å². The van der Waals surface area contributed by atoms with E-state index in [1.807, 2.05) is 48.5 Å². The summed E-state index contributed by atoms with van der Waals surface area (Å²) >= 11 is 0. The minimum atomic E-state index is -3.78. The predicted molar refractivity (Wildman–Crippen MR) is 191 cm³/mol. The number of sulfonamides is 1. The molecule has 264 valence electrons. The average Bonchev–Trinajstić information content (AvgIpc) is 3.11. The van der Waals surface area contributed by atoms with Gasteiger partial charge in [-0.2, -0.15) is 0 Å². The summed E-state index contributed by atoms with van der Waals surface area (Å²) in [4.78, 5) is 40.6. The van der Waals surface area contributed by atoms with E-state index in [9.17, 15) is 33.0 Å². The number of ether oxygens (including phenoxy) is 1. The van der Waals surface area contributed by atoms with Gasteiger partial charge in [0.05, 0.1) is 43.3 Å². The van der Waals surface area contributed by atoms with Crippen LogP contribution in [0.15, 0.2) is 103 Å². The van der Waals surface area contributed by atoms with Crippen LogP contribution in [0.1, 0.15) is 57.3 Å². The molecule has 0 aromatic heterocycles. The number of carbonyl (C=O) groups is 3. The monoisotopic (exact) mass is 702 g/mol. The maximum absolute atomic E-state index is 13.9. The molecule has 0 bridgehead atoms. The largest absolute Gasteiger partial charge is 0.497 e. The lowest BCUT2D eigenvalue weighted by atomic mass is 9.99. The Labute approximate surface area is 292 Å². The number of nitrogens with zero attached hydrogens (tertiary/aromatic N) is 1. The fourth-order valence-corrected chi connectivity index (χ4v) is 5.88. The van der Waals surface area contributed by atoms with Gasteiger partial charge in [-0.15, -0.1) is 0 Å². The molecule has 0 saturated carbocycles. The van der Waals surface area contributed by atoms with Gasteiger partial charge < -0.3 is 30.5 Å². The van der Waals surface area contributed by atoms with Crippen LogP contribution in [0.25, 0.3) is 0 Å². The number of methoxy groups -OCH3 is 1. The van der Waals surface area contributed by atoms with Crippen LogP contribution in [0, 0.1) is 0 Å². The Hall–Kier alpha value is -5.40. The molecule has 4 aromatic carbocycles. The van der Waals surface area contributed by atoms with Crippen LogP contribution in [0.2, 0.25) is 0 Å². The van der Waals surface area contributed by atoms with Crippen molar-refractivity contribution in [3.05, 3.63) is 131 Å². The first-order valence-electron chi connectivity index (χ1n) is 16.0. The highest BCUT2D eigenvalue weighted by atomic mass is 32.2. The van der Waals surface area contributed by atoms with Crippen molar-refractivity contribution < 1.29 is 37.8 Å². The number of hydrogen-bond acceptors (Lipinski definition) is 7. The van der Waals surface area contributed by atoms with Gasteiger partial charge in [-0.25, -0.2) is 13.2 Å². The second-order valence-corrected chi connectivity index (χ2v) is 13.8. The summed E-state index contributed by atoms with van der Waals surface area (Å²) in [6.45, 7) is 2.87. The lowest BCUT2D eigenvalue weighted by Gasteiger charge is -2.29. The Morgan fingerprint density at radius 2 is 1.42 bits per heavy atom. The maximum atomic E-state index is 13.9. The molecule has 12 nitrogen and oxygen atoms in total. The molecule has 3 atom stereocenters. The van der Waals surface area contributed by atoms with E-state index in [2.05, 4.69) is 15.4 Å². The highest BCUT2D eigenvalue weighted by Gasteiger charge is 2.27. The van der Waals surface area contributed by atoms with Crippen LogP contribution in [0.4, 0.5) is 10.5 Å². The molecule has 4 rings (SSSR count). The first kappa shape index (κ1) is 37.4. The number of rotatable bonds is 16. The van der Waals surface area contributed by atoms with Crippen molar-refractivity contribution >= 4 is 33.6 Å². The van der Waals surface area contributed by atoms with Crippen LogP contribution in [0.5, 0.6) is 5.75 Å². The van der Waals surface area contributed by atoms with Crippen molar-refractivity contribution in [2.45, 2.75) is 45.0 Å². The minimum Gasteiger partial charge on any atom is -0.497 e. The smallest absolute Gasteiger partial charge is 0.407 e. The SMILES string of the molecule is CCS(=O)(=O)Nc1cc(C(=O)NC(C)c2ccccc2)cc(C(=O)NC(Cc2ccccc2)C(O)CN(Cc2cccc(OC)c2)C(=O)O)c1. The number of hydrogen-bond donors (Lipinski definition) is 5. The number of aliphatic hydroxyl groups is 1. The normalized spacial score (nSPS) is 13.0. The molecule has 0 aliphatic carbocycles. The molecule has 0 aliphatic heterocycles. The van der Waals surface area contributed by atoms with Crippen molar-refractivity contribution in [3.8, 4) is 5.75 Å².